The van der Waals surface area contributed by atoms with Crippen LogP contribution >= 0.6 is 0 Å². The zero-order valence-electron chi connectivity index (χ0n) is 15.9. The molecule has 0 unspecified atom stereocenters. The predicted octanol–water partition coefficient (Wildman–Crippen LogP) is 1.39. The van der Waals surface area contributed by atoms with E-state index in [4.69, 9.17) is 4.74 Å². The summed E-state index contributed by atoms with van der Waals surface area (Å²) in [6.45, 7) is 8.43. The first-order valence-corrected chi connectivity index (χ1v) is 9.74. The van der Waals surface area contributed by atoms with Gasteiger partial charge in [0.1, 0.15) is 0 Å². The van der Waals surface area contributed by atoms with Gasteiger partial charge in [-0.3, -0.25) is 9.69 Å². The molecule has 1 amide bonds. The fraction of sp³-hybridized carbons (Fsp3) is 0.550. The third kappa shape index (κ3) is 4.20. The second-order valence-corrected chi connectivity index (χ2v) is 7.34. The first-order chi connectivity index (χ1) is 13.2. The fourth-order valence-electron chi connectivity index (χ4n) is 3.80. The number of fused-ring (bicyclic) bond motifs is 1. The van der Waals surface area contributed by atoms with Crippen LogP contribution in [0.5, 0.6) is 0 Å². The molecule has 0 N–H and O–H groups in total. The average molecular weight is 369 g/mol. The Morgan fingerprint density at radius 3 is 2.78 bits per heavy atom. The lowest BCUT2D eigenvalue weighted by atomic mass is 10.1. The van der Waals surface area contributed by atoms with E-state index in [0.29, 0.717) is 39.1 Å². The molecular weight excluding hydrogens is 342 g/mol. The van der Waals surface area contributed by atoms with Crippen molar-refractivity contribution in [2.75, 3.05) is 32.8 Å². The molecule has 0 saturated carbocycles. The lowest BCUT2D eigenvalue weighted by Gasteiger charge is -2.28. The topological polar surface area (TPSA) is 63.5 Å². The van der Waals surface area contributed by atoms with Crippen molar-refractivity contribution in [1.82, 2.24) is 24.8 Å². The molecule has 2 aliphatic rings. The van der Waals surface area contributed by atoms with Crippen LogP contribution in [0.4, 0.5) is 0 Å². The zero-order chi connectivity index (χ0) is 18.6. The molecule has 0 radical (unpaired) electrons. The Balaban J connectivity index is 1.38. The molecule has 7 heteroatoms. The van der Waals surface area contributed by atoms with Crippen LogP contribution in [-0.4, -0.2) is 63.5 Å². The number of carbonyl (C=O) groups excluding carboxylic acids is 1. The summed E-state index contributed by atoms with van der Waals surface area (Å²) in [6, 6.07) is 8.54. The molecule has 4 rings (SSSR count). The SMILES string of the molecule is Cc1ccccc1CN1CCn2nnc(CCC(=O)N3CCOCC3)c2C1. The number of aromatic nitrogens is 3. The molecule has 2 aromatic rings. The molecule has 144 valence electrons. The van der Waals surface area contributed by atoms with Crippen LogP contribution in [0.2, 0.25) is 0 Å². The van der Waals surface area contributed by atoms with Crippen molar-refractivity contribution < 1.29 is 9.53 Å². The number of carbonyl (C=O) groups is 1. The molecule has 1 aromatic heterocycles. The number of nitrogens with zero attached hydrogens (tertiary/aromatic N) is 5. The molecule has 0 bridgehead atoms. The van der Waals surface area contributed by atoms with Crippen LogP contribution in [0, 0.1) is 6.92 Å². The van der Waals surface area contributed by atoms with Gasteiger partial charge in [-0.25, -0.2) is 4.68 Å². The summed E-state index contributed by atoms with van der Waals surface area (Å²) in [5.41, 5.74) is 4.81. The largest absolute Gasteiger partial charge is 0.378 e. The van der Waals surface area contributed by atoms with Crippen LogP contribution in [0.25, 0.3) is 0 Å². The molecule has 7 nitrogen and oxygen atoms in total. The van der Waals surface area contributed by atoms with Crippen LogP contribution in [-0.2, 0) is 35.6 Å². The Bertz CT molecular complexity index is 797. The Morgan fingerprint density at radius 1 is 1.15 bits per heavy atom. The summed E-state index contributed by atoms with van der Waals surface area (Å²) >= 11 is 0. The van der Waals surface area contributed by atoms with E-state index in [2.05, 4.69) is 46.4 Å². The second kappa shape index (κ2) is 8.19. The molecule has 1 saturated heterocycles. The highest BCUT2D eigenvalue weighted by molar-refractivity contribution is 5.76. The van der Waals surface area contributed by atoms with Crippen molar-refractivity contribution in [3.63, 3.8) is 0 Å². The van der Waals surface area contributed by atoms with Gasteiger partial charge in [0.05, 0.1) is 31.1 Å². The molecule has 0 aliphatic carbocycles. The van der Waals surface area contributed by atoms with Gasteiger partial charge in [0.15, 0.2) is 0 Å². The van der Waals surface area contributed by atoms with Crippen molar-refractivity contribution in [3.05, 3.63) is 46.8 Å². The van der Waals surface area contributed by atoms with E-state index < -0.39 is 0 Å². The molecule has 0 atom stereocenters. The van der Waals surface area contributed by atoms with Crippen LogP contribution in [0.15, 0.2) is 24.3 Å². The van der Waals surface area contributed by atoms with Crippen molar-refractivity contribution in [3.8, 4) is 0 Å². The number of rotatable bonds is 5. The van der Waals surface area contributed by atoms with Gasteiger partial charge in [-0.05, 0) is 18.1 Å². The van der Waals surface area contributed by atoms with E-state index in [1.165, 1.54) is 11.1 Å². The quantitative estimate of drug-likeness (QED) is 0.797. The first kappa shape index (κ1) is 18.1. The maximum Gasteiger partial charge on any atom is 0.223 e. The minimum atomic E-state index is 0.188. The fourth-order valence-corrected chi connectivity index (χ4v) is 3.80. The first-order valence-electron chi connectivity index (χ1n) is 9.74. The molecule has 2 aliphatic heterocycles. The number of aryl methyl sites for hydroxylation is 2. The standard InChI is InChI=1S/C20H27N5O2/c1-16-4-2-3-5-17(16)14-23-8-9-25-19(15-23)18(21-22-25)6-7-20(26)24-10-12-27-13-11-24/h2-5H,6-15H2,1H3. The van der Waals surface area contributed by atoms with Crippen molar-refractivity contribution in [2.24, 2.45) is 0 Å². The molecular formula is C20H27N5O2. The third-order valence-corrected chi connectivity index (χ3v) is 5.51. The van der Waals surface area contributed by atoms with Crippen LogP contribution in [0.1, 0.15) is 28.9 Å². The smallest absolute Gasteiger partial charge is 0.223 e. The van der Waals surface area contributed by atoms with Gasteiger partial charge in [0.2, 0.25) is 5.91 Å². The summed E-state index contributed by atoms with van der Waals surface area (Å²) in [5.74, 6) is 0.188. The van der Waals surface area contributed by atoms with Gasteiger partial charge in [-0.1, -0.05) is 29.5 Å². The van der Waals surface area contributed by atoms with Gasteiger partial charge < -0.3 is 9.64 Å². The lowest BCUT2D eigenvalue weighted by Crippen LogP contribution is -2.40. The summed E-state index contributed by atoms with van der Waals surface area (Å²) in [6.07, 6.45) is 1.15. The highest BCUT2D eigenvalue weighted by Crippen LogP contribution is 2.19. The number of benzene rings is 1. The van der Waals surface area contributed by atoms with Gasteiger partial charge >= 0.3 is 0 Å². The molecule has 27 heavy (non-hydrogen) atoms. The van der Waals surface area contributed by atoms with Crippen LogP contribution in [0.3, 0.4) is 0 Å². The summed E-state index contributed by atoms with van der Waals surface area (Å²) in [4.78, 5) is 16.7. The maximum absolute atomic E-state index is 12.4. The third-order valence-electron chi connectivity index (χ3n) is 5.51. The van der Waals surface area contributed by atoms with E-state index >= 15 is 0 Å². The van der Waals surface area contributed by atoms with Crippen molar-refractivity contribution in [2.45, 2.75) is 39.4 Å². The minimum absolute atomic E-state index is 0.188. The predicted molar refractivity (Wildman–Crippen MR) is 101 cm³/mol. The van der Waals surface area contributed by atoms with E-state index in [1.807, 2.05) is 9.58 Å². The normalized spacial score (nSPS) is 17.7. The van der Waals surface area contributed by atoms with Crippen LogP contribution < -0.4 is 0 Å². The second-order valence-electron chi connectivity index (χ2n) is 7.34. The van der Waals surface area contributed by atoms with Gasteiger partial charge in [-0.15, -0.1) is 5.10 Å². The van der Waals surface area contributed by atoms with E-state index in [-0.39, 0.29) is 5.91 Å². The minimum Gasteiger partial charge on any atom is -0.378 e. The number of ether oxygens (including phenoxy) is 1. The summed E-state index contributed by atoms with van der Waals surface area (Å²) in [5, 5.41) is 8.67. The van der Waals surface area contributed by atoms with Crippen molar-refractivity contribution >= 4 is 5.91 Å². The Kier molecular flexibility index (Phi) is 5.50. The highest BCUT2D eigenvalue weighted by atomic mass is 16.5. The van der Waals surface area contributed by atoms with Crippen molar-refractivity contribution in [1.29, 1.82) is 0 Å². The molecule has 1 fully saturated rings. The Hall–Kier alpha value is -2.25. The summed E-state index contributed by atoms with van der Waals surface area (Å²) < 4.78 is 7.32. The Labute approximate surface area is 159 Å². The number of hydrogen-bond acceptors (Lipinski definition) is 5. The zero-order valence-corrected chi connectivity index (χ0v) is 15.9. The summed E-state index contributed by atoms with van der Waals surface area (Å²) in [7, 11) is 0. The maximum atomic E-state index is 12.4. The Morgan fingerprint density at radius 2 is 1.96 bits per heavy atom. The van der Waals surface area contributed by atoms with Gasteiger partial charge in [0, 0.05) is 45.6 Å². The molecule has 3 heterocycles. The van der Waals surface area contributed by atoms with E-state index in [9.17, 15) is 4.79 Å². The number of hydrogen-bond donors (Lipinski definition) is 0. The average Bonchev–Trinajstić information content (AvgIpc) is 3.11. The molecule has 0 spiro atoms. The monoisotopic (exact) mass is 369 g/mol. The highest BCUT2D eigenvalue weighted by Gasteiger charge is 2.23. The van der Waals surface area contributed by atoms with Gasteiger partial charge in [0.25, 0.3) is 0 Å². The molecule has 1 aromatic carbocycles. The van der Waals surface area contributed by atoms with Gasteiger partial charge in [-0.2, -0.15) is 0 Å². The van der Waals surface area contributed by atoms with E-state index in [1.54, 1.807) is 0 Å². The van der Waals surface area contributed by atoms with E-state index in [0.717, 1.165) is 37.6 Å². The lowest BCUT2D eigenvalue weighted by molar-refractivity contribution is -0.135. The number of morpholine rings is 1. The number of amides is 1.